The SMILES string of the molecule is CN(C1COCC1C(=O)O)S(=O)(=O)c1ccc(Br)cc1. The maximum absolute atomic E-state index is 12.5. The summed E-state index contributed by atoms with van der Waals surface area (Å²) >= 11 is 3.24. The van der Waals surface area contributed by atoms with Crippen molar-refractivity contribution in [1.82, 2.24) is 4.31 Å². The highest BCUT2D eigenvalue weighted by Gasteiger charge is 2.41. The van der Waals surface area contributed by atoms with Gasteiger partial charge < -0.3 is 9.84 Å². The first-order valence-electron chi connectivity index (χ1n) is 5.88. The maximum Gasteiger partial charge on any atom is 0.310 e. The van der Waals surface area contributed by atoms with Crippen LogP contribution in [0, 0.1) is 5.92 Å². The minimum atomic E-state index is -3.74. The summed E-state index contributed by atoms with van der Waals surface area (Å²) in [5.41, 5.74) is 0. The van der Waals surface area contributed by atoms with Gasteiger partial charge in [-0.25, -0.2) is 8.42 Å². The van der Waals surface area contributed by atoms with Crippen LogP contribution in [0.3, 0.4) is 0 Å². The lowest BCUT2D eigenvalue weighted by atomic mass is 10.1. The molecule has 0 spiro atoms. The van der Waals surface area contributed by atoms with Crippen molar-refractivity contribution in [3.05, 3.63) is 28.7 Å². The van der Waals surface area contributed by atoms with Crippen LogP contribution in [0.25, 0.3) is 0 Å². The number of hydrogen-bond donors (Lipinski definition) is 1. The third-order valence-electron chi connectivity index (χ3n) is 3.33. The number of hydrogen-bond acceptors (Lipinski definition) is 4. The summed E-state index contributed by atoms with van der Waals surface area (Å²) in [5, 5.41) is 9.10. The zero-order chi connectivity index (χ0) is 14.9. The van der Waals surface area contributed by atoms with Gasteiger partial charge in [-0.15, -0.1) is 0 Å². The first-order valence-corrected chi connectivity index (χ1v) is 8.11. The lowest BCUT2D eigenvalue weighted by molar-refractivity contribution is -0.142. The molecule has 2 unspecified atom stereocenters. The molecule has 1 aliphatic rings. The Balaban J connectivity index is 2.29. The first kappa shape index (κ1) is 15.4. The van der Waals surface area contributed by atoms with Crippen LogP contribution in [0.5, 0.6) is 0 Å². The summed E-state index contributed by atoms with van der Waals surface area (Å²) in [6, 6.07) is 5.51. The average Bonchev–Trinajstić information content (AvgIpc) is 2.87. The van der Waals surface area contributed by atoms with Crippen LogP contribution < -0.4 is 0 Å². The van der Waals surface area contributed by atoms with Crippen LogP contribution in [-0.4, -0.2) is 50.1 Å². The van der Waals surface area contributed by atoms with Gasteiger partial charge >= 0.3 is 5.97 Å². The van der Waals surface area contributed by atoms with E-state index in [0.717, 1.165) is 8.78 Å². The van der Waals surface area contributed by atoms with Gasteiger partial charge in [-0.2, -0.15) is 4.31 Å². The minimum Gasteiger partial charge on any atom is -0.481 e. The Morgan fingerprint density at radius 1 is 1.35 bits per heavy atom. The fourth-order valence-corrected chi connectivity index (χ4v) is 3.73. The quantitative estimate of drug-likeness (QED) is 0.867. The lowest BCUT2D eigenvalue weighted by Crippen LogP contribution is -2.44. The van der Waals surface area contributed by atoms with Gasteiger partial charge in [0.25, 0.3) is 0 Å². The van der Waals surface area contributed by atoms with E-state index >= 15 is 0 Å². The highest BCUT2D eigenvalue weighted by molar-refractivity contribution is 9.10. The highest BCUT2D eigenvalue weighted by Crippen LogP contribution is 2.25. The smallest absolute Gasteiger partial charge is 0.310 e. The highest BCUT2D eigenvalue weighted by atomic mass is 79.9. The van der Waals surface area contributed by atoms with Gasteiger partial charge in [0.1, 0.15) is 0 Å². The number of carboxylic acids is 1. The number of likely N-dealkylation sites (N-methyl/N-ethyl adjacent to an activating group) is 1. The van der Waals surface area contributed by atoms with Crippen LogP contribution in [-0.2, 0) is 19.6 Å². The summed E-state index contributed by atoms with van der Waals surface area (Å²) in [6.45, 7) is 0.115. The van der Waals surface area contributed by atoms with Crippen LogP contribution in [0.2, 0.25) is 0 Å². The molecule has 1 saturated heterocycles. The molecule has 0 aliphatic carbocycles. The minimum absolute atomic E-state index is 0.0280. The van der Waals surface area contributed by atoms with Gasteiger partial charge in [-0.05, 0) is 24.3 Å². The molecule has 1 N–H and O–H groups in total. The van der Waals surface area contributed by atoms with E-state index in [1.165, 1.54) is 19.2 Å². The number of aliphatic carboxylic acids is 1. The summed E-state index contributed by atoms with van der Waals surface area (Å²) < 4.78 is 31.9. The van der Waals surface area contributed by atoms with Crippen molar-refractivity contribution >= 4 is 31.9 Å². The normalized spacial score (nSPS) is 23.1. The fourth-order valence-electron chi connectivity index (χ4n) is 2.09. The molecule has 110 valence electrons. The van der Waals surface area contributed by atoms with Crippen molar-refractivity contribution in [2.45, 2.75) is 10.9 Å². The third-order valence-corrected chi connectivity index (χ3v) is 5.75. The molecule has 6 nitrogen and oxygen atoms in total. The lowest BCUT2D eigenvalue weighted by Gasteiger charge is -2.25. The summed E-state index contributed by atoms with van der Waals surface area (Å²) in [4.78, 5) is 11.2. The number of rotatable bonds is 4. The molecule has 1 aromatic carbocycles. The van der Waals surface area contributed by atoms with E-state index in [1.54, 1.807) is 12.1 Å². The summed E-state index contributed by atoms with van der Waals surface area (Å²) in [5.74, 6) is -1.89. The van der Waals surface area contributed by atoms with Crippen LogP contribution in [0.4, 0.5) is 0 Å². The van der Waals surface area contributed by atoms with E-state index in [2.05, 4.69) is 15.9 Å². The van der Waals surface area contributed by atoms with Gasteiger partial charge in [0.05, 0.1) is 30.1 Å². The molecular weight excluding hydrogens is 350 g/mol. The number of nitrogens with zero attached hydrogens (tertiary/aromatic N) is 1. The molecule has 20 heavy (non-hydrogen) atoms. The molecule has 1 aromatic rings. The van der Waals surface area contributed by atoms with E-state index in [4.69, 9.17) is 9.84 Å². The van der Waals surface area contributed by atoms with Crippen molar-refractivity contribution in [2.75, 3.05) is 20.3 Å². The molecule has 2 rings (SSSR count). The second kappa shape index (κ2) is 5.80. The molecule has 1 fully saturated rings. The van der Waals surface area contributed by atoms with Crippen molar-refractivity contribution in [3.63, 3.8) is 0 Å². The Morgan fingerprint density at radius 2 is 1.95 bits per heavy atom. The topological polar surface area (TPSA) is 83.9 Å². The fraction of sp³-hybridized carbons (Fsp3) is 0.417. The van der Waals surface area contributed by atoms with Crippen LogP contribution >= 0.6 is 15.9 Å². The first-order chi connectivity index (χ1) is 9.34. The number of sulfonamides is 1. The van der Waals surface area contributed by atoms with Gasteiger partial charge in [-0.3, -0.25) is 4.79 Å². The molecule has 0 saturated carbocycles. The summed E-state index contributed by atoms with van der Waals surface area (Å²) in [7, 11) is -2.35. The van der Waals surface area contributed by atoms with Crippen molar-refractivity contribution < 1.29 is 23.1 Å². The van der Waals surface area contributed by atoms with Gasteiger partial charge in [0.2, 0.25) is 10.0 Å². The number of carboxylic acid groups (broad SMARTS) is 1. The largest absolute Gasteiger partial charge is 0.481 e. The van der Waals surface area contributed by atoms with Crippen LogP contribution in [0.15, 0.2) is 33.6 Å². The standard InChI is InChI=1S/C12H14BrNO5S/c1-14(11-7-19-6-10(11)12(15)16)20(17,18)9-4-2-8(13)3-5-9/h2-5,10-11H,6-7H2,1H3,(H,15,16). The zero-order valence-corrected chi connectivity index (χ0v) is 13.1. The Bertz CT molecular complexity index is 601. The molecule has 0 aromatic heterocycles. The molecule has 0 bridgehead atoms. The second-order valence-corrected chi connectivity index (χ2v) is 7.44. The summed E-state index contributed by atoms with van der Waals surface area (Å²) in [6.07, 6.45) is 0. The number of benzene rings is 1. The molecular formula is C12H14BrNO5S. The molecule has 1 aliphatic heterocycles. The van der Waals surface area contributed by atoms with Crippen molar-refractivity contribution in [1.29, 1.82) is 0 Å². The molecule has 2 atom stereocenters. The van der Waals surface area contributed by atoms with Gasteiger partial charge in [0, 0.05) is 11.5 Å². The van der Waals surface area contributed by atoms with Crippen molar-refractivity contribution in [3.8, 4) is 0 Å². The van der Waals surface area contributed by atoms with E-state index < -0.39 is 28.0 Å². The zero-order valence-electron chi connectivity index (χ0n) is 10.7. The van der Waals surface area contributed by atoms with Crippen LogP contribution in [0.1, 0.15) is 0 Å². The second-order valence-electron chi connectivity index (χ2n) is 4.52. The molecule has 0 radical (unpaired) electrons. The Labute approximate surface area is 125 Å². The third kappa shape index (κ3) is 2.88. The van der Waals surface area contributed by atoms with E-state index in [9.17, 15) is 13.2 Å². The van der Waals surface area contributed by atoms with Gasteiger partial charge in [0.15, 0.2) is 0 Å². The molecule has 1 heterocycles. The maximum atomic E-state index is 12.5. The number of ether oxygens (including phenoxy) is 1. The number of carbonyl (C=O) groups is 1. The molecule has 8 heteroatoms. The van der Waals surface area contributed by atoms with E-state index in [1.807, 2.05) is 0 Å². The van der Waals surface area contributed by atoms with Crippen molar-refractivity contribution in [2.24, 2.45) is 5.92 Å². The predicted molar refractivity (Wildman–Crippen MR) is 74.8 cm³/mol. The van der Waals surface area contributed by atoms with Gasteiger partial charge in [-0.1, -0.05) is 15.9 Å². The predicted octanol–water partition coefficient (Wildman–Crippen LogP) is 1.17. The van der Waals surface area contributed by atoms with E-state index in [0.29, 0.717) is 0 Å². The monoisotopic (exact) mass is 363 g/mol. The Hall–Kier alpha value is -0.960. The van der Waals surface area contributed by atoms with E-state index in [-0.39, 0.29) is 18.1 Å². The molecule has 0 amide bonds. The Kier molecular flexibility index (Phi) is 4.48. The number of halogens is 1. The Morgan fingerprint density at radius 3 is 2.50 bits per heavy atom. The average molecular weight is 364 g/mol.